The Hall–Kier alpha value is -0.167. The monoisotopic (exact) mass is 408 g/mol. The third kappa shape index (κ3) is 11.8. The Morgan fingerprint density at radius 1 is 1.67 bits per heavy atom. The fraction of sp³-hybridized carbons (Fsp3) is 0.182. The second-order valence-electron chi connectivity index (χ2n) is 2.26. The average Bonchev–Trinajstić information content (AvgIpc) is 2.21. The molecule has 0 aliphatic rings. The maximum atomic E-state index is 4.06. The summed E-state index contributed by atoms with van der Waals surface area (Å²) < 4.78 is 1.77. The molecule has 0 spiro atoms. The molecule has 0 saturated heterocycles. The number of hydrogen-bond acceptors (Lipinski definition) is 1. The second-order valence-corrected chi connectivity index (χ2v) is 3.02. The van der Waals surface area contributed by atoms with Gasteiger partial charge in [-0.15, -0.1) is 0 Å². The van der Waals surface area contributed by atoms with E-state index in [4.69, 9.17) is 0 Å². The van der Waals surface area contributed by atoms with E-state index >= 15 is 0 Å². The van der Waals surface area contributed by atoms with Gasteiger partial charge in [0.15, 0.2) is 0 Å². The van der Waals surface area contributed by atoms with Crippen molar-refractivity contribution in [2.45, 2.75) is 13.3 Å². The van der Waals surface area contributed by atoms with Crippen LogP contribution in [0.1, 0.15) is 13.3 Å². The Labute approximate surface area is 115 Å². The molecule has 1 rings (SSSR count). The van der Waals surface area contributed by atoms with E-state index in [0.29, 0.717) is 0 Å². The van der Waals surface area contributed by atoms with Gasteiger partial charge in [0.1, 0.15) is 0 Å². The summed E-state index contributed by atoms with van der Waals surface area (Å²) in [5, 5.41) is 4.06. The predicted molar refractivity (Wildman–Crippen MR) is 58.5 cm³/mol. The summed E-state index contributed by atoms with van der Waals surface area (Å²) in [4.78, 5) is 3.87. The minimum atomic E-state index is 0. The van der Waals surface area contributed by atoms with E-state index in [-0.39, 0.29) is 18.6 Å². The first-order valence-electron chi connectivity index (χ1n) is 4.26. The molecule has 0 bridgehead atoms. The molecule has 0 aromatic heterocycles. The third-order valence-corrected chi connectivity index (χ3v) is 1.46. The van der Waals surface area contributed by atoms with E-state index in [1.54, 1.807) is 4.52 Å². The van der Waals surface area contributed by atoms with Crippen molar-refractivity contribution in [3.05, 3.63) is 42.6 Å². The zero-order chi connectivity index (χ0) is 10.6. The van der Waals surface area contributed by atoms with Crippen LogP contribution in [0.2, 0.25) is 0 Å². The first-order chi connectivity index (χ1) is 6.85. The van der Waals surface area contributed by atoms with Crippen molar-refractivity contribution in [2.75, 3.05) is 0 Å². The zero-order valence-corrected chi connectivity index (χ0v) is 13.0. The van der Waals surface area contributed by atoms with Gasteiger partial charge in [-0.25, -0.2) is 0 Å². The first-order valence-corrected chi connectivity index (χ1v) is 5.96. The number of aliphatic imine (C=N–C) groups is 1. The number of nitrogens with zero attached hydrogens (tertiary/aromatic N) is 2. The van der Waals surface area contributed by atoms with Crippen LogP contribution in [0.4, 0.5) is 5.69 Å². The SMILES string of the molecule is [CH2-]CC.[V+2].[W]=[CH]N=C[N-]c1c[c-]ccc1. The van der Waals surface area contributed by atoms with Crippen molar-refractivity contribution in [1.82, 2.24) is 0 Å². The van der Waals surface area contributed by atoms with Gasteiger partial charge in [0.05, 0.1) is 0 Å². The minimum absolute atomic E-state index is 0. The Morgan fingerprint density at radius 3 is 2.80 bits per heavy atom. The molecule has 0 fully saturated rings. The standard InChI is InChI=1S/C8H6N2.C3H7.V.W/c1-9-7-10-8-5-3-2-4-6-8;1-3-2;;/h1-3,5-7H;1,3H2,2H3;;/q-2;-1;+2;. The zero-order valence-electron chi connectivity index (χ0n) is 8.63. The molecule has 0 amide bonds. The normalized spacial score (nSPS) is 8.40. The molecule has 79 valence electrons. The fourth-order valence-electron chi connectivity index (χ4n) is 0.591. The van der Waals surface area contributed by atoms with Crippen LogP contribution < -0.4 is 0 Å². The molecule has 1 aromatic carbocycles. The van der Waals surface area contributed by atoms with Gasteiger partial charge in [-0.05, 0) is 0 Å². The molecule has 0 unspecified atom stereocenters. The average molecular weight is 408 g/mol. The molecule has 15 heavy (non-hydrogen) atoms. The van der Waals surface area contributed by atoms with Crippen LogP contribution in [-0.4, -0.2) is 10.9 Å². The van der Waals surface area contributed by atoms with Crippen LogP contribution in [0.15, 0.2) is 29.3 Å². The van der Waals surface area contributed by atoms with Gasteiger partial charge in [-0.2, -0.15) is 6.42 Å². The Morgan fingerprint density at radius 2 is 2.33 bits per heavy atom. The molecule has 0 heterocycles. The van der Waals surface area contributed by atoms with Gasteiger partial charge >= 0.3 is 95.1 Å². The molecular weight excluding hydrogens is 395 g/mol. The van der Waals surface area contributed by atoms with Crippen LogP contribution in [0.5, 0.6) is 0 Å². The second kappa shape index (κ2) is 13.8. The molecule has 2 nitrogen and oxygen atoms in total. The number of benzene rings is 1. The van der Waals surface area contributed by atoms with Crippen molar-refractivity contribution in [3.8, 4) is 0 Å². The summed E-state index contributed by atoms with van der Waals surface area (Å²) in [5.41, 5.74) is 0.883. The number of rotatable bonds is 3. The van der Waals surface area contributed by atoms with E-state index in [1.165, 1.54) is 25.7 Å². The van der Waals surface area contributed by atoms with Crippen LogP contribution >= 0.6 is 0 Å². The predicted octanol–water partition coefficient (Wildman–Crippen LogP) is 3.05. The van der Waals surface area contributed by atoms with E-state index in [2.05, 4.69) is 23.3 Å². The van der Waals surface area contributed by atoms with Crippen LogP contribution in [0, 0.1) is 13.0 Å². The first kappa shape index (κ1) is 17.2. The Bertz CT molecular complexity index is 263. The van der Waals surface area contributed by atoms with Crippen LogP contribution in [-0.2, 0) is 37.9 Å². The van der Waals surface area contributed by atoms with Crippen molar-refractivity contribution in [3.63, 3.8) is 0 Å². The van der Waals surface area contributed by atoms with Gasteiger partial charge in [-0.1, -0.05) is 6.92 Å². The quantitative estimate of drug-likeness (QED) is 0.418. The van der Waals surface area contributed by atoms with E-state index in [1.807, 2.05) is 31.2 Å². The molecule has 1 radical (unpaired) electrons. The summed E-state index contributed by atoms with van der Waals surface area (Å²) in [5.74, 6) is 0. The summed E-state index contributed by atoms with van der Waals surface area (Å²) in [6.07, 6.45) is 2.54. The molecule has 1 aromatic rings. The molecule has 0 aliphatic carbocycles. The topological polar surface area (TPSA) is 26.5 Å². The van der Waals surface area contributed by atoms with Crippen molar-refractivity contribution in [1.29, 1.82) is 0 Å². The third-order valence-electron chi connectivity index (χ3n) is 1.02. The molecule has 0 N–H and O–H groups in total. The summed E-state index contributed by atoms with van der Waals surface area (Å²) in [6.45, 7) is 5.50. The summed E-state index contributed by atoms with van der Waals surface area (Å²) in [6, 6.07) is 10.4. The van der Waals surface area contributed by atoms with Crippen LogP contribution in [0.25, 0.3) is 5.32 Å². The molecule has 4 heteroatoms. The van der Waals surface area contributed by atoms with E-state index in [0.717, 1.165) is 12.1 Å². The summed E-state index contributed by atoms with van der Waals surface area (Å²) in [7, 11) is 0. The van der Waals surface area contributed by atoms with Crippen LogP contribution in [0.3, 0.4) is 0 Å². The van der Waals surface area contributed by atoms with Crippen molar-refractivity contribution >= 4 is 16.6 Å². The maximum absolute atomic E-state index is 4.06. The van der Waals surface area contributed by atoms with Crippen molar-refractivity contribution < 1.29 is 37.9 Å². The molecule has 0 saturated carbocycles. The fourth-order valence-corrected chi connectivity index (χ4v) is 0.787. The van der Waals surface area contributed by atoms with Gasteiger partial charge in [-0.3, -0.25) is 0 Å². The molecule has 0 aliphatic heterocycles. The number of hydrogen-bond donors (Lipinski definition) is 0. The van der Waals surface area contributed by atoms with Gasteiger partial charge in [0.25, 0.3) is 0 Å². The van der Waals surface area contributed by atoms with Crippen molar-refractivity contribution in [2.24, 2.45) is 4.99 Å². The Balaban J connectivity index is 0. The van der Waals surface area contributed by atoms with Gasteiger partial charge in [0.2, 0.25) is 0 Å². The summed E-state index contributed by atoms with van der Waals surface area (Å²) >= 11 is 1.33. The van der Waals surface area contributed by atoms with E-state index < -0.39 is 0 Å². The van der Waals surface area contributed by atoms with E-state index in [9.17, 15) is 0 Å². The van der Waals surface area contributed by atoms with Gasteiger partial charge in [0, 0.05) is 0 Å². The van der Waals surface area contributed by atoms with Gasteiger partial charge < -0.3 is 6.92 Å². The Kier molecular flexibility index (Phi) is 15.9. The molecular formula is C11H13N2VW-. The molecule has 0 atom stereocenters.